The van der Waals surface area contributed by atoms with Crippen LogP contribution in [0.5, 0.6) is 0 Å². The summed E-state index contributed by atoms with van der Waals surface area (Å²) in [5.41, 5.74) is 1.32. The van der Waals surface area contributed by atoms with Gasteiger partial charge in [0.2, 0.25) is 0 Å². The van der Waals surface area contributed by atoms with Crippen molar-refractivity contribution in [2.45, 2.75) is 53.9 Å². The Balaban J connectivity index is 4.04. The monoisotopic (exact) mass is 268 g/mol. The van der Waals surface area contributed by atoms with Crippen molar-refractivity contribution in [2.75, 3.05) is 32.7 Å². The lowest BCUT2D eigenvalue weighted by molar-refractivity contribution is 0.260. The van der Waals surface area contributed by atoms with E-state index in [1.807, 2.05) is 0 Å². The summed E-state index contributed by atoms with van der Waals surface area (Å²) in [4.78, 5) is 2.58. The highest BCUT2D eigenvalue weighted by atomic mass is 15.1. The van der Waals surface area contributed by atoms with Crippen molar-refractivity contribution < 1.29 is 0 Å². The summed E-state index contributed by atoms with van der Waals surface area (Å²) in [5, 5.41) is 3.44. The third-order valence-corrected chi connectivity index (χ3v) is 3.29. The topological polar surface area (TPSA) is 15.3 Å². The molecule has 0 unspecified atom stereocenters. The van der Waals surface area contributed by atoms with Crippen LogP contribution in [-0.2, 0) is 0 Å². The number of nitrogens with zero attached hydrogens (tertiary/aromatic N) is 1. The summed E-state index contributed by atoms with van der Waals surface area (Å²) in [6.45, 7) is 21.2. The molecule has 1 N–H and O–H groups in total. The predicted octanol–water partition coefficient (Wildman–Crippen LogP) is 3.94. The van der Waals surface area contributed by atoms with Crippen molar-refractivity contribution in [3.8, 4) is 0 Å². The first-order valence-corrected chi connectivity index (χ1v) is 8.05. The van der Waals surface area contributed by atoms with Crippen molar-refractivity contribution in [3.63, 3.8) is 0 Å². The molecule has 0 rings (SSSR count). The molecule has 0 saturated carbocycles. The Hall–Kier alpha value is -0.340. The van der Waals surface area contributed by atoms with Crippen LogP contribution in [0.15, 0.2) is 12.2 Å². The zero-order valence-electron chi connectivity index (χ0n) is 14.0. The molecule has 0 atom stereocenters. The normalized spacial score (nSPS) is 11.8. The maximum atomic E-state index is 4.22. The number of nitrogens with one attached hydrogen (secondary N) is 1. The molecule has 114 valence electrons. The van der Waals surface area contributed by atoms with Gasteiger partial charge in [-0.25, -0.2) is 0 Å². The molecule has 0 aromatic heterocycles. The minimum atomic E-state index is 0.785. The molecule has 0 fully saturated rings. The van der Waals surface area contributed by atoms with E-state index in [-0.39, 0.29) is 0 Å². The van der Waals surface area contributed by atoms with Crippen LogP contribution in [0.1, 0.15) is 53.9 Å². The molecule has 0 radical (unpaired) electrons. The van der Waals surface area contributed by atoms with E-state index in [1.165, 1.54) is 37.9 Å². The maximum absolute atomic E-state index is 4.22. The van der Waals surface area contributed by atoms with Crippen LogP contribution in [0, 0.1) is 11.8 Å². The van der Waals surface area contributed by atoms with Crippen LogP contribution in [0.25, 0.3) is 0 Å². The van der Waals surface area contributed by atoms with Gasteiger partial charge in [-0.05, 0) is 56.3 Å². The molecule has 0 aliphatic heterocycles. The van der Waals surface area contributed by atoms with Gasteiger partial charge in [-0.3, -0.25) is 4.90 Å². The van der Waals surface area contributed by atoms with Gasteiger partial charge in [0.25, 0.3) is 0 Å². The van der Waals surface area contributed by atoms with E-state index >= 15 is 0 Å². The minimum Gasteiger partial charge on any atom is -0.313 e. The van der Waals surface area contributed by atoms with E-state index in [2.05, 4.69) is 51.4 Å². The third kappa shape index (κ3) is 12.4. The Morgan fingerprint density at radius 1 is 1.05 bits per heavy atom. The lowest BCUT2D eigenvalue weighted by Crippen LogP contribution is -2.32. The van der Waals surface area contributed by atoms with Crippen molar-refractivity contribution in [1.29, 1.82) is 0 Å². The molecule has 0 aromatic carbocycles. The molecule has 2 nitrogen and oxygen atoms in total. The van der Waals surface area contributed by atoms with Crippen LogP contribution in [0.2, 0.25) is 0 Å². The Morgan fingerprint density at radius 2 is 1.58 bits per heavy atom. The number of hydrogen-bond acceptors (Lipinski definition) is 2. The van der Waals surface area contributed by atoms with Crippen LogP contribution in [-0.4, -0.2) is 37.6 Å². The Bertz CT molecular complexity index is 209. The molecule has 2 heteroatoms. The third-order valence-electron chi connectivity index (χ3n) is 3.29. The van der Waals surface area contributed by atoms with E-state index in [9.17, 15) is 0 Å². The largest absolute Gasteiger partial charge is 0.313 e. The summed E-state index contributed by atoms with van der Waals surface area (Å²) in [6, 6.07) is 0. The van der Waals surface area contributed by atoms with E-state index in [0.29, 0.717) is 0 Å². The van der Waals surface area contributed by atoms with E-state index in [0.717, 1.165) is 31.5 Å². The van der Waals surface area contributed by atoms with E-state index < -0.39 is 0 Å². The van der Waals surface area contributed by atoms with Crippen molar-refractivity contribution in [2.24, 2.45) is 11.8 Å². The smallest absolute Gasteiger partial charge is 0.0202 e. The van der Waals surface area contributed by atoms with E-state index in [1.54, 1.807) is 0 Å². The molecule has 0 aromatic rings. The lowest BCUT2D eigenvalue weighted by Gasteiger charge is -2.25. The summed E-state index contributed by atoms with van der Waals surface area (Å²) < 4.78 is 0. The second kappa shape index (κ2) is 11.5. The van der Waals surface area contributed by atoms with Gasteiger partial charge in [0, 0.05) is 13.1 Å². The van der Waals surface area contributed by atoms with Gasteiger partial charge >= 0.3 is 0 Å². The first kappa shape index (κ1) is 18.7. The standard InChI is InChI=1S/C17H36N2/c1-7-10-18-13-17(6)14-19(11-8-15(2)3)12-9-16(4)5/h15-16,18H,6-14H2,1-5H3. The average Bonchev–Trinajstić information content (AvgIpc) is 2.32. The fourth-order valence-electron chi connectivity index (χ4n) is 1.97. The fraction of sp³-hybridized carbons (Fsp3) is 0.882. The van der Waals surface area contributed by atoms with Crippen molar-refractivity contribution in [3.05, 3.63) is 12.2 Å². The van der Waals surface area contributed by atoms with Gasteiger partial charge in [-0.2, -0.15) is 0 Å². The highest BCUT2D eigenvalue weighted by Crippen LogP contribution is 2.08. The van der Waals surface area contributed by atoms with Crippen molar-refractivity contribution in [1.82, 2.24) is 10.2 Å². The molecular formula is C17H36N2. The van der Waals surface area contributed by atoms with Gasteiger partial charge in [-0.15, -0.1) is 0 Å². The molecule has 0 aliphatic carbocycles. The lowest BCUT2D eigenvalue weighted by atomic mass is 10.1. The maximum Gasteiger partial charge on any atom is 0.0202 e. The van der Waals surface area contributed by atoms with Gasteiger partial charge in [-0.1, -0.05) is 41.2 Å². The molecule has 19 heavy (non-hydrogen) atoms. The minimum absolute atomic E-state index is 0.785. The highest BCUT2D eigenvalue weighted by molar-refractivity contribution is 4.99. The van der Waals surface area contributed by atoms with Crippen LogP contribution >= 0.6 is 0 Å². The first-order valence-electron chi connectivity index (χ1n) is 8.05. The second-order valence-corrected chi connectivity index (χ2v) is 6.57. The van der Waals surface area contributed by atoms with Crippen LogP contribution < -0.4 is 5.32 Å². The SMILES string of the molecule is C=C(CNCCC)CN(CCC(C)C)CCC(C)C. The Morgan fingerprint density at radius 3 is 2.00 bits per heavy atom. The summed E-state index contributed by atoms with van der Waals surface area (Å²) in [7, 11) is 0. The molecular weight excluding hydrogens is 232 g/mol. The molecule has 0 spiro atoms. The molecule has 0 heterocycles. The fourth-order valence-corrected chi connectivity index (χ4v) is 1.97. The average molecular weight is 268 g/mol. The van der Waals surface area contributed by atoms with Crippen molar-refractivity contribution >= 4 is 0 Å². The van der Waals surface area contributed by atoms with Gasteiger partial charge in [0.15, 0.2) is 0 Å². The summed E-state index contributed by atoms with van der Waals surface area (Å²) >= 11 is 0. The van der Waals surface area contributed by atoms with Gasteiger partial charge in [0.05, 0.1) is 0 Å². The number of hydrogen-bond donors (Lipinski definition) is 1. The van der Waals surface area contributed by atoms with Gasteiger partial charge < -0.3 is 5.32 Å². The molecule has 0 bridgehead atoms. The summed E-state index contributed by atoms with van der Waals surface area (Å²) in [6.07, 6.45) is 3.76. The quantitative estimate of drug-likeness (QED) is 0.426. The van der Waals surface area contributed by atoms with E-state index in [4.69, 9.17) is 0 Å². The predicted molar refractivity (Wildman–Crippen MR) is 87.7 cm³/mol. The van der Waals surface area contributed by atoms with Crippen LogP contribution in [0.3, 0.4) is 0 Å². The summed E-state index contributed by atoms with van der Waals surface area (Å²) in [5.74, 6) is 1.57. The number of rotatable bonds is 12. The Labute approximate surface area is 121 Å². The van der Waals surface area contributed by atoms with Gasteiger partial charge in [0.1, 0.15) is 0 Å². The zero-order chi connectivity index (χ0) is 14.7. The highest BCUT2D eigenvalue weighted by Gasteiger charge is 2.08. The zero-order valence-corrected chi connectivity index (χ0v) is 14.0. The van der Waals surface area contributed by atoms with Crippen LogP contribution in [0.4, 0.5) is 0 Å². The molecule has 0 saturated heterocycles. The molecule has 0 amide bonds. The second-order valence-electron chi connectivity index (χ2n) is 6.57. The Kier molecular flexibility index (Phi) is 11.3. The first-order chi connectivity index (χ1) is 8.95. The molecule has 0 aliphatic rings.